The monoisotopic (exact) mass is 284 g/mol. The summed E-state index contributed by atoms with van der Waals surface area (Å²) in [5.74, 6) is 1.64. The number of rotatable bonds is 4. The van der Waals surface area contributed by atoms with Gasteiger partial charge in [0.15, 0.2) is 5.82 Å². The van der Waals surface area contributed by atoms with Crippen LogP contribution in [0.4, 0.5) is 5.82 Å². The van der Waals surface area contributed by atoms with Gasteiger partial charge >= 0.3 is 0 Å². The summed E-state index contributed by atoms with van der Waals surface area (Å²) in [5.41, 5.74) is 3.98. The Balaban J connectivity index is 2.17. The summed E-state index contributed by atoms with van der Waals surface area (Å²) in [6.07, 6.45) is 2.87. The molecule has 1 N–H and O–H groups in total. The fourth-order valence-electron chi connectivity index (χ4n) is 2.06. The van der Waals surface area contributed by atoms with Crippen molar-refractivity contribution in [1.82, 2.24) is 15.0 Å². The normalized spacial score (nSPS) is 10.9. The van der Waals surface area contributed by atoms with Crippen LogP contribution in [-0.4, -0.2) is 21.5 Å². The number of nitrogens with one attached hydrogen (secondary N) is 1. The van der Waals surface area contributed by atoms with Crippen molar-refractivity contribution in [2.24, 2.45) is 0 Å². The molecule has 0 unspecified atom stereocenters. The number of fused-ring (bicyclic) bond motifs is 1. The van der Waals surface area contributed by atoms with Crippen molar-refractivity contribution >= 4 is 28.1 Å². The third kappa shape index (κ3) is 2.49. The Hall–Kier alpha value is -2.01. The molecule has 0 fully saturated rings. The van der Waals surface area contributed by atoms with Crippen LogP contribution in [0.15, 0.2) is 29.9 Å². The van der Waals surface area contributed by atoms with Crippen molar-refractivity contribution in [2.75, 3.05) is 11.9 Å². The number of hydrogen-bond acceptors (Lipinski definition) is 5. The molecule has 2 heterocycles. The summed E-state index contributed by atoms with van der Waals surface area (Å²) in [4.78, 5) is 14.4. The maximum absolute atomic E-state index is 4.67. The van der Waals surface area contributed by atoms with E-state index in [1.54, 1.807) is 16.8 Å². The third-order valence-electron chi connectivity index (χ3n) is 3.05. The first-order valence-electron chi connectivity index (χ1n) is 6.69. The second-order valence-corrected chi connectivity index (χ2v) is 5.60. The Morgan fingerprint density at radius 2 is 2.15 bits per heavy atom. The van der Waals surface area contributed by atoms with Crippen LogP contribution in [0.2, 0.25) is 0 Å². The van der Waals surface area contributed by atoms with Crippen LogP contribution in [0.5, 0.6) is 0 Å². The molecule has 0 atom stereocenters. The highest BCUT2D eigenvalue weighted by Crippen LogP contribution is 2.27. The number of hydrogen-bond donors (Lipinski definition) is 1. The van der Waals surface area contributed by atoms with Gasteiger partial charge in [-0.25, -0.2) is 9.97 Å². The van der Waals surface area contributed by atoms with Crippen LogP contribution in [0.3, 0.4) is 0 Å². The fraction of sp³-hybridized carbons (Fsp3) is 0.267. The number of aryl methyl sites for hydroxylation is 1. The topological polar surface area (TPSA) is 50.7 Å². The van der Waals surface area contributed by atoms with Gasteiger partial charge in [-0.3, -0.25) is 4.98 Å². The van der Waals surface area contributed by atoms with Crippen molar-refractivity contribution in [3.8, 4) is 10.7 Å². The molecule has 0 aliphatic carbocycles. The van der Waals surface area contributed by atoms with Gasteiger partial charge < -0.3 is 5.32 Å². The van der Waals surface area contributed by atoms with Crippen molar-refractivity contribution < 1.29 is 0 Å². The van der Waals surface area contributed by atoms with Gasteiger partial charge in [0.05, 0.1) is 15.9 Å². The van der Waals surface area contributed by atoms with Gasteiger partial charge in [0.25, 0.3) is 0 Å². The molecule has 0 aliphatic heterocycles. The van der Waals surface area contributed by atoms with Gasteiger partial charge in [-0.1, -0.05) is 18.6 Å². The van der Waals surface area contributed by atoms with E-state index in [0.29, 0.717) is 0 Å². The summed E-state index contributed by atoms with van der Waals surface area (Å²) < 4.78 is 0. The summed E-state index contributed by atoms with van der Waals surface area (Å²) in [6.45, 7) is 5.13. The van der Waals surface area contributed by atoms with Crippen LogP contribution in [-0.2, 0) is 0 Å². The quantitative estimate of drug-likeness (QED) is 0.790. The Morgan fingerprint density at radius 3 is 2.90 bits per heavy atom. The smallest absolute Gasteiger partial charge is 0.173 e. The lowest BCUT2D eigenvalue weighted by Crippen LogP contribution is -2.04. The first-order valence-corrected chi connectivity index (χ1v) is 7.57. The molecule has 0 amide bonds. The molecule has 5 heteroatoms. The van der Waals surface area contributed by atoms with Crippen LogP contribution in [0, 0.1) is 6.92 Å². The molecule has 0 bridgehead atoms. The Bertz CT molecular complexity index is 722. The van der Waals surface area contributed by atoms with E-state index in [0.717, 1.165) is 40.4 Å². The van der Waals surface area contributed by atoms with E-state index >= 15 is 0 Å². The van der Waals surface area contributed by atoms with Crippen LogP contribution < -0.4 is 5.32 Å². The van der Waals surface area contributed by atoms with E-state index in [4.69, 9.17) is 0 Å². The second-order valence-electron chi connectivity index (χ2n) is 4.71. The van der Waals surface area contributed by atoms with Crippen molar-refractivity contribution in [3.05, 3.63) is 35.5 Å². The Kier molecular flexibility index (Phi) is 3.60. The largest absolute Gasteiger partial charge is 0.369 e. The van der Waals surface area contributed by atoms with Crippen LogP contribution in [0.25, 0.3) is 21.6 Å². The lowest BCUT2D eigenvalue weighted by Gasteiger charge is -2.10. The first kappa shape index (κ1) is 13.0. The predicted molar refractivity (Wildman–Crippen MR) is 84.2 cm³/mol. The number of benzene rings is 1. The zero-order chi connectivity index (χ0) is 13.9. The van der Waals surface area contributed by atoms with Crippen LogP contribution >= 0.6 is 11.3 Å². The molecule has 3 aromatic rings. The summed E-state index contributed by atoms with van der Waals surface area (Å²) in [5, 5.41) is 4.48. The lowest BCUT2D eigenvalue weighted by molar-refractivity contribution is 0.970. The number of aromatic nitrogens is 3. The van der Waals surface area contributed by atoms with Crippen molar-refractivity contribution in [3.63, 3.8) is 0 Å². The Morgan fingerprint density at radius 1 is 1.25 bits per heavy atom. The molecule has 0 radical (unpaired) electrons. The van der Waals surface area contributed by atoms with E-state index in [1.807, 2.05) is 12.3 Å². The Labute approximate surface area is 121 Å². The van der Waals surface area contributed by atoms with Gasteiger partial charge in [-0.15, -0.1) is 11.3 Å². The van der Waals surface area contributed by atoms with E-state index in [9.17, 15) is 0 Å². The fourth-order valence-corrected chi connectivity index (χ4v) is 2.61. The van der Waals surface area contributed by atoms with E-state index in [2.05, 4.69) is 46.2 Å². The van der Waals surface area contributed by atoms with Gasteiger partial charge in [0.1, 0.15) is 5.82 Å². The molecule has 0 spiro atoms. The SMILES string of the molecule is CCCNc1nc(-c2cncs2)nc2ccc(C)cc12. The molecule has 4 nitrogen and oxygen atoms in total. The molecule has 2 aromatic heterocycles. The van der Waals surface area contributed by atoms with E-state index in [-0.39, 0.29) is 0 Å². The molecule has 0 saturated carbocycles. The molecule has 1 aromatic carbocycles. The minimum absolute atomic E-state index is 0.738. The minimum atomic E-state index is 0.738. The molecule has 0 saturated heterocycles. The van der Waals surface area contributed by atoms with Gasteiger partial charge in [-0.2, -0.15) is 0 Å². The average molecular weight is 284 g/mol. The minimum Gasteiger partial charge on any atom is -0.369 e. The molecule has 20 heavy (non-hydrogen) atoms. The second kappa shape index (κ2) is 5.54. The average Bonchev–Trinajstić information content (AvgIpc) is 2.99. The molecule has 0 aliphatic rings. The first-order chi connectivity index (χ1) is 9.78. The predicted octanol–water partition coefficient (Wildman–Crippen LogP) is 3.88. The maximum atomic E-state index is 4.67. The van der Waals surface area contributed by atoms with E-state index in [1.165, 1.54) is 5.56 Å². The van der Waals surface area contributed by atoms with Gasteiger partial charge in [0.2, 0.25) is 0 Å². The molecular formula is C15H16N4S. The number of nitrogens with zero attached hydrogens (tertiary/aromatic N) is 3. The van der Waals surface area contributed by atoms with Crippen molar-refractivity contribution in [2.45, 2.75) is 20.3 Å². The van der Waals surface area contributed by atoms with Crippen molar-refractivity contribution in [1.29, 1.82) is 0 Å². The summed E-state index contributed by atoms with van der Waals surface area (Å²) in [6, 6.07) is 6.26. The summed E-state index contributed by atoms with van der Waals surface area (Å²) >= 11 is 1.56. The van der Waals surface area contributed by atoms with E-state index < -0.39 is 0 Å². The highest BCUT2D eigenvalue weighted by atomic mass is 32.1. The highest BCUT2D eigenvalue weighted by molar-refractivity contribution is 7.13. The number of thiazole rings is 1. The van der Waals surface area contributed by atoms with Gasteiger partial charge in [0, 0.05) is 18.1 Å². The standard InChI is InChI=1S/C15H16N4S/c1-3-6-17-14-11-7-10(2)4-5-12(11)18-15(19-14)13-8-16-9-20-13/h4-5,7-9H,3,6H2,1-2H3,(H,17,18,19). The zero-order valence-corrected chi connectivity index (χ0v) is 12.4. The number of anilines is 1. The molecule has 3 rings (SSSR count). The summed E-state index contributed by atoms with van der Waals surface area (Å²) in [7, 11) is 0. The third-order valence-corrected chi connectivity index (χ3v) is 3.82. The molecular weight excluding hydrogens is 268 g/mol. The highest BCUT2D eigenvalue weighted by Gasteiger charge is 2.10. The maximum Gasteiger partial charge on any atom is 0.173 e. The molecule has 102 valence electrons. The van der Waals surface area contributed by atoms with Gasteiger partial charge in [-0.05, 0) is 25.5 Å². The zero-order valence-electron chi connectivity index (χ0n) is 11.6. The lowest BCUT2D eigenvalue weighted by atomic mass is 10.1. The van der Waals surface area contributed by atoms with Crippen LogP contribution in [0.1, 0.15) is 18.9 Å².